The van der Waals surface area contributed by atoms with Gasteiger partial charge >= 0.3 is 0 Å². The van der Waals surface area contributed by atoms with Gasteiger partial charge < -0.3 is 13.7 Å². The van der Waals surface area contributed by atoms with Gasteiger partial charge in [0.2, 0.25) is 0 Å². The van der Waals surface area contributed by atoms with E-state index in [0.717, 1.165) is 71.8 Å². The van der Waals surface area contributed by atoms with Gasteiger partial charge in [-0.25, -0.2) is 4.85 Å². The van der Waals surface area contributed by atoms with Crippen molar-refractivity contribution in [3.63, 3.8) is 0 Å². The minimum atomic E-state index is 0.602. The Hall–Kier alpha value is -7.86. The molecule has 0 spiro atoms. The molecule has 0 radical (unpaired) electrons. The van der Waals surface area contributed by atoms with Gasteiger partial charge in [-0.05, 0) is 89.3 Å². The minimum absolute atomic E-state index is 0.602. The molecule has 0 aliphatic heterocycles. The Kier molecular flexibility index (Phi) is 6.61. The number of hydrogen-bond acceptors (Lipinski definition) is 1. The maximum Gasteiger partial charge on any atom is 0.197 e. The zero-order valence-corrected chi connectivity index (χ0v) is 29.5. The summed E-state index contributed by atoms with van der Waals surface area (Å²) >= 11 is 0. The van der Waals surface area contributed by atoms with Crippen LogP contribution in [0.1, 0.15) is 5.56 Å². The van der Waals surface area contributed by atoms with Crippen LogP contribution in [0.4, 0.5) is 5.69 Å². The normalized spacial score (nSPS) is 11.6. The summed E-state index contributed by atoms with van der Waals surface area (Å²) in [5, 5.41) is 17.4. The van der Waals surface area contributed by atoms with Gasteiger partial charge in [0.15, 0.2) is 5.69 Å². The molecule has 0 amide bonds. The molecule has 0 unspecified atom stereocenters. The number of nitrogens with zero attached hydrogens (tertiary/aromatic N) is 5. The molecule has 0 aliphatic rings. The predicted octanol–water partition coefficient (Wildman–Crippen LogP) is 13.1. The first kappa shape index (κ1) is 30.7. The summed E-state index contributed by atoms with van der Waals surface area (Å²) in [4.78, 5) is 3.83. The number of benzene rings is 8. The van der Waals surface area contributed by atoms with Crippen LogP contribution >= 0.6 is 0 Å². The van der Waals surface area contributed by atoms with Crippen LogP contribution in [-0.2, 0) is 0 Å². The summed E-state index contributed by atoms with van der Waals surface area (Å²) in [6, 6.07) is 63.6. The lowest BCUT2D eigenvalue weighted by molar-refractivity contribution is 1.16. The SMILES string of the molecule is [C-]#[N+]c1cccc2c1c1ccccc1n2-c1ccc(-c2ccc(-n3c4ccccc4c4cc(-n5c6ccccc6c6ccccc65)ccc43)c(C#N)c2)cc1. The van der Waals surface area contributed by atoms with Gasteiger partial charge in [0, 0.05) is 43.8 Å². The van der Waals surface area contributed by atoms with Crippen LogP contribution in [0.15, 0.2) is 176 Å². The van der Waals surface area contributed by atoms with Crippen LogP contribution in [-0.4, -0.2) is 13.7 Å². The van der Waals surface area contributed by atoms with Gasteiger partial charge in [-0.3, -0.25) is 0 Å². The maximum atomic E-state index is 10.6. The standard InChI is InChI=1S/C50H29N5/c1-52-42-15-10-20-49-50(42)40-14-5-9-19-47(40)53(49)35-24-21-32(22-25-35)33-23-27-43(34(29-33)31-51)55-46-18-8-4-13-39(46)41-30-36(26-28-48(41)55)54-44-16-6-2-11-37(44)38-12-3-7-17-45(38)54/h2-30H. The highest BCUT2D eigenvalue weighted by Gasteiger charge is 2.19. The second kappa shape index (κ2) is 11.8. The van der Waals surface area contributed by atoms with Gasteiger partial charge in [0.05, 0.1) is 45.4 Å². The average molecular weight is 700 g/mol. The quantitative estimate of drug-likeness (QED) is 0.169. The van der Waals surface area contributed by atoms with Crippen LogP contribution in [0.2, 0.25) is 0 Å². The molecular weight excluding hydrogens is 671 g/mol. The van der Waals surface area contributed by atoms with Crippen molar-refractivity contribution in [2.45, 2.75) is 0 Å². The molecule has 11 rings (SSSR count). The highest BCUT2D eigenvalue weighted by Crippen LogP contribution is 2.40. The molecule has 8 aromatic carbocycles. The second-order valence-electron chi connectivity index (χ2n) is 13.9. The smallest absolute Gasteiger partial charge is 0.197 e. The molecule has 5 heteroatoms. The Labute approximate surface area is 316 Å². The Morgan fingerprint density at radius 1 is 0.418 bits per heavy atom. The number of aromatic nitrogens is 3. The molecule has 5 nitrogen and oxygen atoms in total. The van der Waals surface area contributed by atoms with Gasteiger partial charge in [0.25, 0.3) is 0 Å². The third-order valence-corrected chi connectivity index (χ3v) is 11.1. The van der Waals surface area contributed by atoms with E-state index in [2.05, 4.69) is 170 Å². The summed E-state index contributed by atoms with van der Waals surface area (Å²) in [5.41, 5.74) is 12.7. The van der Waals surface area contributed by atoms with Crippen molar-refractivity contribution < 1.29 is 0 Å². The lowest BCUT2D eigenvalue weighted by Crippen LogP contribution is -1.99. The van der Waals surface area contributed by atoms with Crippen LogP contribution in [0.25, 0.3) is 98.5 Å². The van der Waals surface area contributed by atoms with Crippen LogP contribution in [0, 0.1) is 17.9 Å². The number of hydrogen-bond donors (Lipinski definition) is 0. The number of para-hydroxylation sites is 4. The van der Waals surface area contributed by atoms with Gasteiger partial charge in [0.1, 0.15) is 6.07 Å². The fourth-order valence-corrected chi connectivity index (χ4v) is 8.74. The highest BCUT2D eigenvalue weighted by molar-refractivity contribution is 6.15. The average Bonchev–Trinajstić information content (AvgIpc) is 3.89. The summed E-state index contributed by atoms with van der Waals surface area (Å²) in [6.45, 7) is 7.79. The number of nitriles is 1. The molecule has 0 fully saturated rings. The van der Waals surface area contributed by atoms with Gasteiger partial charge in [-0.15, -0.1) is 0 Å². The zero-order chi connectivity index (χ0) is 36.6. The van der Waals surface area contributed by atoms with E-state index in [1.165, 1.54) is 21.8 Å². The van der Waals surface area contributed by atoms with Crippen LogP contribution in [0.3, 0.4) is 0 Å². The first-order valence-electron chi connectivity index (χ1n) is 18.3. The van der Waals surface area contributed by atoms with Gasteiger partial charge in [-0.1, -0.05) is 103 Å². The molecule has 3 heterocycles. The summed E-state index contributed by atoms with van der Waals surface area (Å²) in [5.74, 6) is 0. The van der Waals surface area contributed by atoms with E-state index in [1.54, 1.807) is 0 Å². The van der Waals surface area contributed by atoms with E-state index in [4.69, 9.17) is 6.57 Å². The van der Waals surface area contributed by atoms with Gasteiger partial charge in [-0.2, -0.15) is 5.26 Å². The largest absolute Gasteiger partial charge is 0.311 e. The van der Waals surface area contributed by atoms with E-state index in [9.17, 15) is 5.26 Å². The number of rotatable bonds is 4. The van der Waals surface area contributed by atoms with Crippen LogP contribution in [0.5, 0.6) is 0 Å². The van der Waals surface area contributed by atoms with Crippen molar-refractivity contribution >= 4 is 71.1 Å². The number of fused-ring (bicyclic) bond motifs is 9. The van der Waals surface area contributed by atoms with Crippen molar-refractivity contribution in [2.24, 2.45) is 0 Å². The molecule has 0 bridgehead atoms. The third kappa shape index (κ3) is 4.45. The molecule has 11 aromatic rings. The summed E-state index contributed by atoms with van der Waals surface area (Å²) in [6.07, 6.45) is 0. The summed E-state index contributed by atoms with van der Waals surface area (Å²) < 4.78 is 6.80. The van der Waals surface area contributed by atoms with E-state index in [-0.39, 0.29) is 0 Å². The molecule has 0 N–H and O–H groups in total. The molecule has 3 aromatic heterocycles. The second-order valence-corrected chi connectivity index (χ2v) is 13.9. The minimum Gasteiger partial charge on any atom is -0.311 e. The van der Waals surface area contributed by atoms with E-state index in [0.29, 0.717) is 11.3 Å². The lowest BCUT2D eigenvalue weighted by atomic mass is 10.0. The molecule has 55 heavy (non-hydrogen) atoms. The Morgan fingerprint density at radius 3 is 1.58 bits per heavy atom. The molecule has 0 aliphatic carbocycles. The third-order valence-electron chi connectivity index (χ3n) is 11.1. The zero-order valence-electron chi connectivity index (χ0n) is 29.5. The monoisotopic (exact) mass is 699 g/mol. The van der Waals surface area contributed by atoms with E-state index in [1.807, 2.05) is 30.3 Å². The Balaban J connectivity index is 1.03. The molecular formula is C50H29N5. The summed E-state index contributed by atoms with van der Waals surface area (Å²) in [7, 11) is 0. The molecule has 0 saturated heterocycles. The van der Waals surface area contributed by atoms with E-state index < -0.39 is 0 Å². The first-order chi connectivity index (χ1) is 27.2. The molecule has 254 valence electrons. The fourth-order valence-electron chi connectivity index (χ4n) is 8.74. The molecule has 0 saturated carbocycles. The van der Waals surface area contributed by atoms with Crippen molar-refractivity contribution in [3.8, 4) is 34.3 Å². The van der Waals surface area contributed by atoms with Crippen molar-refractivity contribution in [1.82, 2.24) is 13.7 Å². The maximum absolute atomic E-state index is 10.6. The molecule has 0 atom stereocenters. The van der Waals surface area contributed by atoms with Crippen LogP contribution < -0.4 is 0 Å². The highest BCUT2D eigenvalue weighted by atomic mass is 15.0. The topological polar surface area (TPSA) is 42.9 Å². The Bertz CT molecular complexity index is 3400. The van der Waals surface area contributed by atoms with Crippen molar-refractivity contribution in [1.29, 1.82) is 5.26 Å². The Morgan fingerprint density at radius 2 is 0.927 bits per heavy atom. The van der Waals surface area contributed by atoms with Crippen molar-refractivity contribution in [2.75, 3.05) is 0 Å². The fraction of sp³-hybridized carbons (Fsp3) is 0. The first-order valence-corrected chi connectivity index (χ1v) is 18.3. The van der Waals surface area contributed by atoms with Crippen molar-refractivity contribution in [3.05, 3.63) is 193 Å². The van der Waals surface area contributed by atoms with E-state index >= 15 is 0 Å². The lowest BCUT2D eigenvalue weighted by Gasteiger charge is -2.13. The predicted molar refractivity (Wildman–Crippen MR) is 226 cm³/mol.